The molecule has 1 amide bonds. The monoisotopic (exact) mass is 536 g/mol. The molecule has 0 heterocycles. The molecule has 0 radical (unpaired) electrons. The highest BCUT2D eigenvalue weighted by Crippen LogP contribution is 2.71. The van der Waals surface area contributed by atoms with Gasteiger partial charge >= 0.3 is 0 Å². The summed E-state index contributed by atoms with van der Waals surface area (Å²) in [6.45, 7) is 17.8. The van der Waals surface area contributed by atoms with Gasteiger partial charge in [-0.25, -0.2) is 0 Å². The summed E-state index contributed by atoms with van der Waals surface area (Å²) in [5.74, 6) is 0.914. The highest BCUT2D eigenvalue weighted by Gasteiger charge is 2.66. The predicted octanol–water partition coefficient (Wildman–Crippen LogP) is 7.15. The zero-order valence-electron chi connectivity index (χ0n) is 26.3. The fourth-order valence-electron chi connectivity index (χ4n) is 10.3. The van der Waals surface area contributed by atoms with Crippen molar-refractivity contribution in [2.45, 2.75) is 113 Å². The summed E-state index contributed by atoms with van der Waals surface area (Å²) in [6.07, 6.45) is 9.49. The van der Waals surface area contributed by atoms with Crippen LogP contribution in [0.15, 0.2) is 11.6 Å². The van der Waals surface area contributed by atoms with Crippen LogP contribution in [0.2, 0.25) is 0 Å². The number of allylic oxidation sites excluding steroid dienone is 2. The molecule has 4 aliphatic rings. The van der Waals surface area contributed by atoms with Crippen molar-refractivity contribution in [3.8, 4) is 6.07 Å². The van der Waals surface area contributed by atoms with Gasteiger partial charge in [0.15, 0.2) is 5.78 Å². The number of carbonyl (C=O) groups is 3. The molecule has 0 aliphatic heterocycles. The smallest absolute Gasteiger partial charge is 0.228 e. The molecule has 4 aliphatic carbocycles. The molecule has 2 unspecified atom stereocenters. The maximum absolute atomic E-state index is 13.8. The van der Waals surface area contributed by atoms with Crippen molar-refractivity contribution < 1.29 is 14.4 Å². The van der Waals surface area contributed by atoms with Crippen LogP contribution >= 0.6 is 0 Å². The van der Waals surface area contributed by atoms with Gasteiger partial charge in [0.1, 0.15) is 11.9 Å². The first-order chi connectivity index (χ1) is 17.8. The Morgan fingerprint density at radius 1 is 1.00 bits per heavy atom. The summed E-state index contributed by atoms with van der Waals surface area (Å²) in [7, 11) is 3.76. The van der Waals surface area contributed by atoms with Crippen LogP contribution in [-0.4, -0.2) is 36.5 Å². The minimum atomic E-state index is -0.626. The maximum atomic E-state index is 13.8. The van der Waals surface area contributed by atoms with Crippen LogP contribution in [0.4, 0.5) is 0 Å². The van der Waals surface area contributed by atoms with E-state index >= 15 is 0 Å². The van der Waals surface area contributed by atoms with Crippen LogP contribution in [0.25, 0.3) is 0 Å². The highest BCUT2D eigenvalue weighted by molar-refractivity contribution is 6.04. The molecule has 5 heteroatoms. The van der Waals surface area contributed by atoms with Crippen LogP contribution in [0, 0.1) is 61.6 Å². The summed E-state index contributed by atoms with van der Waals surface area (Å²) in [5.41, 5.74) is -1.30. The van der Waals surface area contributed by atoms with E-state index in [1.165, 1.54) is 0 Å². The van der Waals surface area contributed by atoms with E-state index in [2.05, 4.69) is 47.6 Å². The topological polar surface area (TPSA) is 78.2 Å². The second-order valence-electron chi connectivity index (χ2n) is 16.3. The number of nitrogens with zero attached hydrogens (tertiary/aromatic N) is 2. The zero-order valence-corrected chi connectivity index (χ0v) is 26.3. The number of rotatable bonds is 4. The van der Waals surface area contributed by atoms with Crippen molar-refractivity contribution in [1.82, 2.24) is 4.90 Å². The molecular formula is C34H52N2O3. The van der Waals surface area contributed by atoms with Crippen LogP contribution < -0.4 is 0 Å². The number of hydrogen-bond acceptors (Lipinski definition) is 4. The van der Waals surface area contributed by atoms with Gasteiger partial charge in [-0.2, -0.15) is 5.26 Å². The Morgan fingerprint density at radius 3 is 2.21 bits per heavy atom. The predicted molar refractivity (Wildman–Crippen MR) is 154 cm³/mol. The van der Waals surface area contributed by atoms with Gasteiger partial charge in [0.25, 0.3) is 0 Å². The normalized spacial score (nSPS) is 43.0. The number of nitriles is 1. The van der Waals surface area contributed by atoms with E-state index in [1.807, 2.05) is 34.0 Å². The first-order valence-electron chi connectivity index (χ1n) is 15.2. The Morgan fingerprint density at radius 2 is 1.64 bits per heavy atom. The fourth-order valence-corrected chi connectivity index (χ4v) is 10.3. The second kappa shape index (κ2) is 9.28. The average molecular weight is 537 g/mol. The van der Waals surface area contributed by atoms with Crippen LogP contribution in [0.5, 0.6) is 0 Å². The Kier molecular flexibility index (Phi) is 7.14. The minimum Gasteiger partial charge on any atom is -0.348 e. The largest absolute Gasteiger partial charge is 0.348 e. The lowest BCUT2D eigenvalue weighted by Gasteiger charge is -2.66. The summed E-state index contributed by atoms with van der Waals surface area (Å²) in [6, 6.07) is 2.20. The zero-order chi connectivity index (χ0) is 29.4. The molecule has 0 aromatic carbocycles. The van der Waals surface area contributed by atoms with Gasteiger partial charge in [0.05, 0.1) is 11.0 Å². The highest BCUT2D eigenvalue weighted by atomic mass is 16.2. The van der Waals surface area contributed by atoms with E-state index in [4.69, 9.17) is 0 Å². The Hall–Kier alpha value is -1.96. The molecule has 0 spiro atoms. The Bertz CT molecular complexity index is 1140. The molecule has 3 fully saturated rings. The lowest BCUT2D eigenvalue weighted by Crippen LogP contribution is -2.62. The second-order valence-corrected chi connectivity index (χ2v) is 16.3. The van der Waals surface area contributed by atoms with E-state index in [9.17, 15) is 19.6 Å². The quantitative estimate of drug-likeness (QED) is 0.382. The standard InChI is InChI=1S/C34H52N2O3/c1-22-18-29(2,3)13-15-34(22,28(39)36(9)10)16-14-31(6)20-24(37)17-26-32(7)19-23(21-35)27(38)30(4,5)25(32)11-12-33(26,31)8/h19,22,25-26H,11-18,20H2,1-10H3/t22?,25?,26-,31-,32+,33-,34+/m1/s1. The summed E-state index contributed by atoms with van der Waals surface area (Å²) >= 11 is 0. The number of amides is 1. The van der Waals surface area contributed by atoms with E-state index in [0.29, 0.717) is 12.8 Å². The molecule has 0 aromatic heterocycles. The van der Waals surface area contributed by atoms with Gasteiger partial charge in [-0.1, -0.05) is 61.5 Å². The molecule has 3 saturated carbocycles. The molecule has 0 bridgehead atoms. The first kappa shape index (κ1) is 30.0. The van der Waals surface area contributed by atoms with E-state index < -0.39 is 16.2 Å². The van der Waals surface area contributed by atoms with Gasteiger partial charge in [-0.15, -0.1) is 0 Å². The lowest BCUT2D eigenvalue weighted by atomic mass is 9.37. The molecule has 0 saturated heterocycles. The molecular weight excluding hydrogens is 484 g/mol. The van der Waals surface area contributed by atoms with E-state index in [-0.39, 0.29) is 57.0 Å². The van der Waals surface area contributed by atoms with Crippen LogP contribution in [0.3, 0.4) is 0 Å². The Balaban J connectivity index is 1.74. The third kappa shape index (κ3) is 4.34. The van der Waals surface area contributed by atoms with Gasteiger partial charge in [-0.05, 0) is 84.4 Å². The van der Waals surface area contributed by atoms with Gasteiger partial charge in [-0.3, -0.25) is 14.4 Å². The van der Waals surface area contributed by atoms with Crippen molar-refractivity contribution in [2.75, 3.05) is 14.1 Å². The third-order valence-corrected chi connectivity index (χ3v) is 12.9. The van der Waals surface area contributed by atoms with Gasteiger partial charge in [0, 0.05) is 32.4 Å². The number of fused-ring (bicyclic) bond motifs is 3. The Labute approximate surface area is 237 Å². The first-order valence-corrected chi connectivity index (χ1v) is 15.2. The third-order valence-electron chi connectivity index (χ3n) is 12.9. The van der Waals surface area contributed by atoms with Crippen molar-refractivity contribution in [3.63, 3.8) is 0 Å². The minimum absolute atomic E-state index is 0.0562. The number of Topliss-reactive ketones (excluding diaryl/α,β-unsaturated/α-hetero) is 2. The molecule has 0 N–H and O–H groups in total. The molecule has 4 rings (SSSR count). The van der Waals surface area contributed by atoms with Crippen molar-refractivity contribution >= 4 is 17.5 Å². The van der Waals surface area contributed by atoms with E-state index in [1.54, 1.807) is 4.90 Å². The molecule has 7 atom stereocenters. The average Bonchev–Trinajstić information content (AvgIpc) is 2.82. The lowest BCUT2D eigenvalue weighted by molar-refractivity contribution is -0.176. The summed E-state index contributed by atoms with van der Waals surface area (Å²) in [5, 5.41) is 9.89. The maximum Gasteiger partial charge on any atom is 0.228 e. The van der Waals surface area contributed by atoms with E-state index in [0.717, 1.165) is 44.9 Å². The van der Waals surface area contributed by atoms with Crippen LogP contribution in [0.1, 0.15) is 113 Å². The summed E-state index contributed by atoms with van der Waals surface area (Å²) in [4.78, 5) is 42.4. The van der Waals surface area contributed by atoms with Crippen molar-refractivity contribution in [2.24, 2.45) is 50.2 Å². The SMILES string of the molecule is CC1CC(C)(C)CC[C@@]1(CC[C@]1(C)CC(=O)C[C@@H]2[C@@]3(C)C=C(C#N)C(=O)C(C)(C)C3CC[C@]21C)C(=O)N(C)C. The number of carbonyl (C=O) groups excluding carboxylic acids is 3. The van der Waals surface area contributed by atoms with Gasteiger partial charge < -0.3 is 4.90 Å². The van der Waals surface area contributed by atoms with Crippen molar-refractivity contribution in [1.29, 1.82) is 5.26 Å². The summed E-state index contributed by atoms with van der Waals surface area (Å²) < 4.78 is 0. The number of ketones is 2. The van der Waals surface area contributed by atoms with Crippen molar-refractivity contribution in [3.05, 3.63) is 11.6 Å². The fraction of sp³-hybridized carbons (Fsp3) is 0.824. The molecule has 216 valence electrons. The van der Waals surface area contributed by atoms with Gasteiger partial charge in [0.2, 0.25) is 5.91 Å². The molecule has 5 nitrogen and oxygen atoms in total. The number of hydrogen-bond donors (Lipinski definition) is 0. The molecule has 0 aromatic rings. The van der Waals surface area contributed by atoms with Crippen LogP contribution in [-0.2, 0) is 14.4 Å². The molecule has 39 heavy (non-hydrogen) atoms.